The SMILES string of the molecule is Cc1ccccc1CNc1ccc(C(=O)Nc2ccc(Br)cc2)nn1. The molecule has 0 bridgehead atoms. The molecule has 25 heavy (non-hydrogen) atoms. The third-order valence-electron chi connectivity index (χ3n) is 3.72. The predicted molar refractivity (Wildman–Crippen MR) is 103 cm³/mol. The molecule has 0 saturated carbocycles. The third-order valence-corrected chi connectivity index (χ3v) is 4.25. The molecule has 0 radical (unpaired) electrons. The standard InChI is InChI=1S/C19H17BrN4O/c1-13-4-2-3-5-14(13)12-21-18-11-10-17(23-24-18)19(25)22-16-8-6-15(20)7-9-16/h2-11H,12H2,1H3,(H,21,24)(H,22,25). The fourth-order valence-electron chi connectivity index (χ4n) is 2.27. The van der Waals surface area contributed by atoms with Gasteiger partial charge in [0.1, 0.15) is 5.82 Å². The minimum Gasteiger partial charge on any atom is -0.364 e. The van der Waals surface area contributed by atoms with Gasteiger partial charge in [-0.05, 0) is 54.4 Å². The summed E-state index contributed by atoms with van der Waals surface area (Å²) in [5, 5.41) is 14.1. The van der Waals surface area contributed by atoms with Gasteiger partial charge in [0.2, 0.25) is 0 Å². The zero-order valence-electron chi connectivity index (χ0n) is 13.7. The highest BCUT2D eigenvalue weighted by Crippen LogP contribution is 2.15. The Morgan fingerprint density at radius 3 is 2.44 bits per heavy atom. The van der Waals surface area contributed by atoms with E-state index in [1.807, 2.05) is 36.4 Å². The Morgan fingerprint density at radius 2 is 1.76 bits per heavy atom. The van der Waals surface area contributed by atoms with E-state index < -0.39 is 0 Å². The van der Waals surface area contributed by atoms with Gasteiger partial charge in [0.25, 0.3) is 5.91 Å². The largest absolute Gasteiger partial charge is 0.364 e. The Bertz CT molecular complexity index is 863. The molecule has 6 heteroatoms. The zero-order valence-corrected chi connectivity index (χ0v) is 15.2. The van der Waals surface area contributed by atoms with Gasteiger partial charge >= 0.3 is 0 Å². The van der Waals surface area contributed by atoms with Crippen LogP contribution in [0.2, 0.25) is 0 Å². The van der Waals surface area contributed by atoms with E-state index in [1.54, 1.807) is 12.1 Å². The zero-order chi connectivity index (χ0) is 17.6. The molecule has 0 atom stereocenters. The van der Waals surface area contributed by atoms with Crippen molar-refractivity contribution in [3.63, 3.8) is 0 Å². The van der Waals surface area contributed by atoms with E-state index in [9.17, 15) is 4.79 Å². The van der Waals surface area contributed by atoms with E-state index in [2.05, 4.69) is 55.8 Å². The number of anilines is 2. The molecule has 5 nitrogen and oxygen atoms in total. The second-order valence-electron chi connectivity index (χ2n) is 5.54. The first-order valence-electron chi connectivity index (χ1n) is 7.81. The quantitative estimate of drug-likeness (QED) is 0.669. The molecule has 0 aliphatic heterocycles. The first-order valence-corrected chi connectivity index (χ1v) is 8.60. The topological polar surface area (TPSA) is 66.9 Å². The number of amides is 1. The summed E-state index contributed by atoms with van der Waals surface area (Å²) in [6.07, 6.45) is 0. The van der Waals surface area contributed by atoms with Crippen LogP contribution >= 0.6 is 15.9 Å². The van der Waals surface area contributed by atoms with Crippen molar-refractivity contribution in [3.8, 4) is 0 Å². The van der Waals surface area contributed by atoms with Crippen LogP contribution in [-0.4, -0.2) is 16.1 Å². The van der Waals surface area contributed by atoms with Gasteiger partial charge < -0.3 is 10.6 Å². The van der Waals surface area contributed by atoms with Crippen molar-refractivity contribution in [2.24, 2.45) is 0 Å². The maximum Gasteiger partial charge on any atom is 0.276 e. The van der Waals surface area contributed by atoms with Gasteiger partial charge in [-0.2, -0.15) is 0 Å². The highest BCUT2D eigenvalue weighted by molar-refractivity contribution is 9.10. The monoisotopic (exact) mass is 396 g/mol. The van der Waals surface area contributed by atoms with E-state index in [0.29, 0.717) is 18.1 Å². The number of aryl methyl sites for hydroxylation is 1. The summed E-state index contributed by atoms with van der Waals surface area (Å²) in [5.74, 6) is 0.337. The highest BCUT2D eigenvalue weighted by Gasteiger charge is 2.09. The number of carbonyl (C=O) groups is 1. The summed E-state index contributed by atoms with van der Waals surface area (Å²) >= 11 is 3.36. The van der Waals surface area contributed by atoms with Crippen LogP contribution in [0.15, 0.2) is 65.1 Å². The highest BCUT2D eigenvalue weighted by atomic mass is 79.9. The molecule has 3 aromatic rings. The second kappa shape index (κ2) is 7.90. The van der Waals surface area contributed by atoms with Gasteiger partial charge in [-0.15, -0.1) is 10.2 Å². The molecule has 0 fully saturated rings. The molecule has 0 aliphatic carbocycles. The van der Waals surface area contributed by atoms with Crippen LogP contribution in [0, 0.1) is 6.92 Å². The summed E-state index contributed by atoms with van der Waals surface area (Å²) in [5.41, 5.74) is 3.39. The van der Waals surface area contributed by atoms with Gasteiger partial charge in [-0.1, -0.05) is 40.2 Å². The van der Waals surface area contributed by atoms with E-state index in [-0.39, 0.29) is 11.6 Å². The fourth-order valence-corrected chi connectivity index (χ4v) is 2.53. The number of nitrogens with one attached hydrogen (secondary N) is 2. The van der Waals surface area contributed by atoms with Crippen LogP contribution in [0.5, 0.6) is 0 Å². The second-order valence-corrected chi connectivity index (χ2v) is 6.46. The van der Waals surface area contributed by atoms with Crippen molar-refractivity contribution in [1.29, 1.82) is 0 Å². The Kier molecular flexibility index (Phi) is 5.40. The summed E-state index contributed by atoms with van der Waals surface area (Å²) in [6, 6.07) is 18.9. The van der Waals surface area contributed by atoms with E-state index in [4.69, 9.17) is 0 Å². The summed E-state index contributed by atoms with van der Waals surface area (Å²) in [4.78, 5) is 12.2. The number of aromatic nitrogens is 2. The van der Waals surface area contributed by atoms with Crippen molar-refractivity contribution in [3.05, 3.63) is 82.0 Å². The van der Waals surface area contributed by atoms with Crippen LogP contribution in [-0.2, 0) is 6.54 Å². The average molecular weight is 397 g/mol. The lowest BCUT2D eigenvalue weighted by molar-refractivity contribution is 0.102. The van der Waals surface area contributed by atoms with E-state index >= 15 is 0 Å². The predicted octanol–water partition coefficient (Wildman–Crippen LogP) is 4.41. The molecule has 0 saturated heterocycles. The van der Waals surface area contributed by atoms with Crippen molar-refractivity contribution >= 4 is 33.3 Å². The third kappa shape index (κ3) is 4.64. The molecule has 0 unspecified atom stereocenters. The summed E-state index contributed by atoms with van der Waals surface area (Å²) < 4.78 is 0.953. The number of benzene rings is 2. The fraction of sp³-hybridized carbons (Fsp3) is 0.105. The number of nitrogens with zero attached hydrogens (tertiary/aromatic N) is 2. The first-order chi connectivity index (χ1) is 12.1. The molecule has 1 amide bonds. The lowest BCUT2D eigenvalue weighted by Crippen LogP contribution is -2.14. The number of carbonyl (C=O) groups excluding carboxylic acids is 1. The van der Waals surface area contributed by atoms with Crippen LogP contribution in [0.3, 0.4) is 0 Å². The Labute approximate surface area is 154 Å². The van der Waals surface area contributed by atoms with Crippen LogP contribution in [0.25, 0.3) is 0 Å². The molecule has 0 aliphatic rings. The average Bonchev–Trinajstić information content (AvgIpc) is 2.63. The van der Waals surface area contributed by atoms with Gasteiger partial charge in [-0.3, -0.25) is 4.79 Å². The van der Waals surface area contributed by atoms with Gasteiger partial charge in [-0.25, -0.2) is 0 Å². The Balaban J connectivity index is 1.60. The van der Waals surface area contributed by atoms with Gasteiger partial charge in [0.15, 0.2) is 5.69 Å². The lowest BCUT2D eigenvalue weighted by Gasteiger charge is -2.08. The minimum absolute atomic E-state index is 0.268. The molecule has 2 N–H and O–H groups in total. The molecule has 1 heterocycles. The maximum absolute atomic E-state index is 12.2. The summed E-state index contributed by atoms with van der Waals surface area (Å²) in [6.45, 7) is 2.73. The van der Waals surface area contributed by atoms with Crippen molar-refractivity contribution in [2.75, 3.05) is 10.6 Å². The van der Waals surface area contributed by atoms with Crippen molar-refractivity contribution in [1.82, 2.24) is 10.2 Å². The van der Waals surface area contributed by atoms with E-state index in [1.165, 1.54) is 11.1 Å². The normalized spacial score (nSPS) is 10.3. The molecular formula is C19H17BrN4O. The van der Waals surface area contributed by atoms with E-state index in [0.717, 1.165) is 4.47 Å². The molecule has 0 spiro atoms. The van der Waals surface area contributed by atoms with Crippen molar-refractivity contribution in [2.45, 2.75) is 13.5 Å². The minimum atomic E-state index is -0.291. The van der Waals surface area contributed by atoms with Crippen LogP contribution in [0.1, 0.15) is 21.6 Å². The maximum atomic E-state index is 12.2. The van der Waals surface area contributed by atoms with Crippen molar-refractivity contribution < 1.29 is 4.79 Å². The first kappa shape index (κ1) is 17.1. The molecule has 1 aromatic heterocycles. The van der Waals surface area contributed by atoms with Crippen LogP contribution in [0.4, 0.5) is 11.5 Å². The number of rotatable bonds is 5. The molecule has 126 valence electrons. The summed E-state index contributed by atoms with van der Waals surface area (Å²) in [7, 11) is 0. The lowest BCUT2D eigenvalue weighted by atomic mass is 10.1. The Morgan fingerprint density at radius 1 is 1.00 bits per heavy atom. The number of hydrogen-bond donors (Lipinski definition) is 2. The van der Waals surface area contributed by atoms with Crippen LogP contribution < -0.4 is 10.6 Å². The molecule has 2 aromatic carbocycles. The van der Waals surface area contributed by atoms with Gasteiger partial charge in [0, 0.05) is 16.7 Å². The molecular weight excluding hydrogens is 380 g/mol. The molecule has 3 rings (SSSR count). The Hall–Kier alpha value is -2.73. The number of halogens is 1. The van der Waals surface area contributed by atoms with Gasteiger partial charge in [0.05, 0.1) is 0 Å². The number of hydrogen-bond acceptors (Lipinski definition) is 4. The smallest absolute Gasteiger partial charge is 0.276 e.